The van der Waals surface area contributed by atoms with Gasteiger partial charge in [-0.3, -0.25) is 9.48 Å². The number of nitrogens with one attached hydrogen (secondary N) is 1. The maximum atomic E-state index is 11.7. The van der Waals surface area contributed by atoms with Gasteiger partial charge in [-0.05, 0) is 19.8 Å². The predicted molar refractivity (Wildman–Crippen MR) is 55.8 cm³/mol. The Morgan fingerprint density at radius 2 is 2.20 bits per heavy atom. The summed E-state index contributed by atoms with van der Waals surface area (Å²) in [6, 6.07) is 0. The fourth-order valence-electron chi connectivity index (χ4n) is 2.07. The van der Waals surface area contributed by atoms with Gasteiger partial charge >= 0.3 is 0 Å². The summed E-state index contributed by atoms with van der Waals surface area (Å²) >= 11 is 0. The van der Waals surface area contributed by atoms with Crippen molar-refractivity contribution in [2.45, 2.75) is 25.7 Å². The molecule has 1 N–H and O–H groups in total. The number of fused-ring (bicyclic) bond motifs is 1. The van der Waals surface area contributed by atoms with Crippen LogP contribution in [0.5, 0.6) is 0 Å². The quantitative estimate of drug-likeness (QED) is 0.748. The molecule has 2 heterocycles. The molecule has 0 bridgehead atoms. The molecule has 15 heavy (non-hydrogen) atoms. The molecule has 0 saturated heterocycles. The smallest absolute Gasteiger partial charge is 0.267 e. The van der Waals surface area contributed by atoms with Gasteiger partial charge in [0.15, 0.2) is 0 Å². The van der Waals surface area contributed by atoms with Gasteiger partial charge < -0.3 is 0 Å². The summed E-state index contributed by atoms with van der Waals surface area (Å²) in [5.41, 5.74) is 2.51. The number of aromatic amines is 1. The van der Waals surface area contributed by atoms with E-state index in [-0.39, 0.29) is 5.56 Å². The van der Waals surface area contributed by atoms with E-state index in [9.17, 15) is 4.79 Å². The highest BCUT2D eigenvalue weighted by atomic mass is 16.1. The molecular formula is C10H12N4O. The summed E-state index contributed by atoms with van der Waals surface area (Å²) in [6.45, 7) is 1.89. The van der Waals surface area contributed by atoms with Crippen molar-refractivity contribution in [1.82, 2.24) is 20.0 Å². The van der Waals surface area contributed by atoms with Crippen LogP contribution in [-0.2, 0) is 7.05 Å². The summed E-state index contributed by atoms with van der Waals surface area (Å²) in [5, 5.41) is 11.6. The second-order valence-electron chi connectivity index (χ2n) is 4.14. The van der Waals surface area contributed by atoms with E-state index in [1.165, 1.54) is 0 Å². The second-order valence-corrected chi connectivity index (χ2v) is 4.14. The highest BCUT2D eigenvalue weighted by molar-refractivity contribution is 5.83. The molecule has 1 saturated carbocycles. The van der Waals surface area contributed by atoms with Crippen LogP contribution in [-0.4, -0.2) is 20.0 Å². The van der Waals surface area contributed by atoms with Crippen LogP contribution in [0.2, 0.25) is 0 Å². The second kappa shape index (κ2) is 2.68. The average molecular weight is 204 g/mol. The van der Waals surface area contributed by atoms with Crippen molar-refractivity contribution in [3.05, 3.63) is 21.7 Å². The van der Waals surface area contributed by atoms with Gasteiger partial charge in [-0.1, -0.05) is 0 Å². The summed E-state index contributed by atoms with van der Waals surface area (Å²) in [6.07, 6.45) is 2.29. The highest BCUT2D eigenvalue weighted by Crippen LogP contribution is 2.41. The molecular weight excluding hydrogens is 192 g/mol. The number of nitrogens with zero attached hydrogens (tertiary/aromatic N) is 3. The van der Waals surface area contributed by atoms with Gasteiger partial charge in [0.1, 0.15) is 0 Å². The fourth-order valence-corrected chi connectivity index (χ4v) is 2.07. The lowest BCUT2D eigenvalue weighted by atomic mass is 10.2. The third kappa shape index (κ3) is 1.12. The Morgan fingerprint density at radius 3 is 2.87 bits per heavy atom. The van der Waals surface area contributed by atoms with Crippen molar-refractivity contribution >= 4 is 10.9 Å². The van der Waals surface area contributed by atoms with Crippen LogP contribution >= 0.6 is 0 Å². The summed E-state index contributed by atoms with van der Waals surface area (Å²) < 4.78 is 1.76. The van der Waals surface area contributed by atoms with Gasteiger partial charge in [0.2, 0.25) is 0 Å². The van der Waals surface area contributed by atoms with E-state index in [0.717, 1.165) is 35.1 Å². The molecule has 0 radical (unpaired) electrons. The molecule has 0 aromatic carbocycles. The van der Waals surface area contributed by atoms with E-state index in [4.69, 9.17) is 0 Å². The molecule has 78 valence electrons. The lowest BCUT2D eigenvalue weighted by molar-refractivity contribution is 0.762. The standard InChI is InChI=1S/C10H12N4O/c1-5-9-7(10(15)12-11-5)8(6-3-4-6)13-14(9)2/h6H,3-4H2,1-2H3,(H,12,15). The zero-order chi connectivity index (χ0) is 10.6. The Hall–Kier alpha value is -1.65. The van der Waals surface area contributed by atoms with Crippen molar-refractivity contribution < 1.29 is 0 Å². The van der Waals surface area contributed by atoms with E-state index in [1.807, 2.05) is 14.0 Å². The molecule has 2 aromatic rings. The molecule has 0 aliphatic heterocycles. The Bertz CT molecular complexity index is 591. The van der Waals surface area contributed by atoms with Crippen LogP contribution in [0.3, 0.4) is 0 Å². The molecule has 3 rings (SSSR count). The van der Waals surface area contributed by atoms with Crippen molar-refractivity contribution in [2.24, 2.45) is 7.05 Å². The normalized spacial score (nSPS) is 16.1. The maximum absolute atomic E-state index is 11.7. The molecule has 0 unspecified atom stereocenters. The monoisotopic (exact) mass is 204 g/mol. The van der Waals surface area contributed by atoms with Crippen molar-refractivity contribution in [3.8, 4) is 0 Å². The molecule has 5 nitrogen and oxygen atoms in total. The fraction of sp³-hybridized carbons (Fsp3) is 0.500. The van der Waals surface area contributed by atoms with Gasteiger partial charge in [0.25, 0.3) is 5.56 Å². The third-order valence-corrected chi connectivity index (χ3v) is 2.93. The first-order valence-electron chi connectivity index (χ1n) is 5.10. The average Bonchev–Trinajstić information content (AvgIpc) is 2.97. The summed E-state index contributed by atoms with van der Waals surface area (Å²) in [5.74, 6) is 0.483. The highest BCUT2D eigenvalue weighted by Gasteiger charge is 2.30. The van der Waals surface area contributed by atoms with Crippen molar-refractivity contribution in [2.75, 3.05) is 0 Å². The molecule has 5 heteroatoms. The molecule has 1 aliphatic rings. The van der Waals surface area contributed by atoms with Crippen LogP contribution < -0.4 is 5.56 Å². The number of aromatic nitrogens is 4. The predicted octanol–water partition coefficient (Wildman–Crippen LogP) is 0.842. The first kappa shape index (κ1) is 8.64. The molecule has 0 amide bonds. The van der Waals surface area contributed by atoms with Crippen LogP contribution in [0.25, 0.3) is 10.9 Å². The van der Waals surface area contributed by atoms with Gasteiger partial charge in [-0.15, -0.1) is 0 Å². The third-order valence-electron chi connectivity index (χ3n) is 2.93. The van der Waals surface area contributed by atoms with Crippen molar-refractivity contribution in [1.29, 1.82) is 0 Å². The minimum absolute atomic E-state index is 0.120. The van der Waals surface area contributed by atoms with Crippen molar-refractivity contribution in [3.63, 3.8) is 0 Å². The largest absolute Gasteiger partial charge is 0.275 e. The number of hydrogen-bond acceptors (Lipinski definition) is 3. The number of rotatable bonds is 1. The minimum Gasteiger partial charge on any atom is -0.267 e. The Kier molecular flexibility index (Phi) is 1.55. The summed E-state index contributed by atoms with van der Waals surface area (Å²) in [4.78, 5) is 11.7. The van der Waals surface area contributed by atoms with Crippen LogP contribution in [0.1, 0.15) is 30.1 Å². The van der Waals surface area contributed by atoms with Crippen LogP contribution in [0.4, 0.5) is 0 Å². The number of aryl methyl sites for hydroxylation is 2. The topological polar surface area (TPSA) is 63.6 Å². The lowest BCUT2D eigenvalue weighted by Crippen LogP contribution is -2.10. The first-order chi connectivity index (χ1) is 7.18. The molecule has 1 aliphatic carbocycles. The Labute approximate surface area is 86.1 Å². The van der Waals surface area contributed by atoms with E-state index < -0.39 is 0 Å². The number of H-pyrrole nitrogens is 1. The molecule has 0 atom stereocenters. The van der Waals surface area contributed by atoms with Gasteiger partial charge in [0, 0.05) is 13.0 Å². The van der Waals surface area contributed by atoms with E-state index in [1.54, 1.807) is 4.68 Å². The SMILES string of the molecule is Cc1n[nH]c(=O)c2c(C3CC3)nn(C)c12. The molecule has 1 fully saturated rings. The lowest BCUT2D eigenvalue weighted by Gasteiger charge is -1.96. The zero-order valence-corrected chi connectivity index (χ0v) is 8.74. The first-order valence-corrected chi connectivity index (χ1v) is 5.10. The molecule has 0 spiro atoms. The number of hydrogen-bond donors (Lipinski definition) is 1. The zero-order valence-electron chi connectivity index (χ0n) is 8.74. The maximum Gasteiger partial charge on any atom is 0.275 e. The minimum atomic E-state index is -0.120. The Morgan fingerprint density at radius 1 is 1.47 bits per heavy atom. The van der Waals surface area contributed by atoms with Crippen LogP contribution in [0.15, 0.2) is 4.79 Å². The molecule has 2 aromatic heterocycles. The van der Waals surface area contributed by atoms with Crippen LogP contribution in [0, 0.1) is 6.92 Å². The Balaban J connectivity index is 2.48. The van der Waals surface area contributed by atoms with Gasteiger partial charge in [-0.2, -0.15) is 10.2 Å². The van der Waals surface area contributed by atoms with E-state index in [0.29, 0.717) is 5.92 Å². The van der Waals surface area contributed by atoms with Gasteiger partial charge in [-0.25, -0.2) is 5.10 Å². The van der Waals surface area contributed by atoms with E-state index in [2.05, 4.69) is 15.3 Å². The van der Waals surface area contributed by atoms with Gasteiger partial charge in [0.05, 0.1) is 22.3 Å². The van der Waals surface area contributed by atoms with E-state index >= 15 is 0 Å². The summed E-state index contributed by atoms with van der Waals surface area (Å²) in [7, 11) is 1.86.